The van der Waals surface area contributed by atoms with Crippen LogP contribution in [0.4, 0.5) is 0 Å². The standard InChI is InChI=1S/C43H26N4S/c1-3-14-28(15-4-1)41-44-42(29-16-5-2-6-17-29)46-43(45-41)47-36-26-25-27-13-7-8-18-30(27)38(36)35-23-11-20-32(39(35)47)34-22-12-21-33-31-19-9-10-24-37(31)48-40(33)34/h1-26H. The van der Waals surface area contributed by atoms with E-state index in [1.165, 1.54) is 47.3 Å². The third-order valence-corrected chi connectivity index (χ3v) is 10.5. The van der Waals surface area contributed by atoms with Crippen LogP contribution in [0, 0.1) is 0 Å². The van der Waals surface area contributed by atoms with Crippen LogP contribution in [0.2, 0.25) is 0 Å². The fourth-order valence-electron chi connectivity index (χ4n) is 7.12. The van der Waals surface area contributed by atoms with Crippen LogP contribution >= 0.6 is 11.3 Å². The van der Waals surface area contributed by atoms with E-state index in [1.54, 1.807) is 0 Å². The summed E-state index contributed by atoms with van der Waals surface area (Å²) in [5.41, 5.74) is 6.38. The van der Waals surface area contributed by atoms with E-state index in [0.29, 0.717) is 17.6 Å². The van der Waals surface area contributed by atoms with Crippen molar-refractivity contribution in [2.45, 2.75) is 0 Å². The molecule has 0 radical (unpaired) electrons. The van der Waals surface area contributed by atoms with Crippen molar-refractivity contribution >= 4 is 64.1 Å². The number of fused-ring (bicyclic) bond motifs is 8. The highest BCUT2D eigenvalue weighted by molar-refractivity contribution is 7.26. The predicted molar refractivity (Wildman–Crippen MR) is 201 cm³/mol. The Labute approximate surface area is 280 Å². The van der Waals surface area contributed by atoms with Gasteiger partial charge in [-0.05, 0) is 22.9 Å². The Hall–Kier alpha value is -6.17. The van der Waals surface area contributed by atoms with Gasteiger partial charge in [-0.15, -0.1) is 11.3 Å². The average molecular weight is 631 g/mol. The van der Waals surface area contributed by atoms with Crippen LogP contribution in [0.15, 0.2) is 158 Å². The van der Waals surface area contributed by atoms with Gasteiger partial charge in [-0.1, -0.05) is 146 Å². The molecule has 7 aromatic carbocycles. The van der Waals surface area contributed by atoms with Gasteiger partial charge in [0.2, 0.25) is 5.95 Å². The second-order valence-corrected chi connectivity index (χ2v) is 13.1. The molecule has 0 aliphatic carbocycles. The minimum Gasteiger partial charge on any atom is -0.277 e. The fraction of sp³-hybridized carbons (Fsp3) is 0. The first-order valence-electron chi connectivity index (χ1n) is 16.0. The lowest BCUT2D eigenvalue weighted by molar-refractivity contribution is 0.954. The van der Waals surface area contributed by atoms with Crippen LogP contribution < -0.4 is 0 Å². The number of nitrogens with zero attached hydrogens (tertiary/aromatic N) is 4. The summed E-state index contributed by atoms with van der Waals surface area (Å²) in [7, 11) is 0. The third-order valence-electron chi connectivity index (χ3n) is 9.26. The van der Waals surface area contributed by atoms with Crippen LogP contribution in [0.5, 0.6) is 0 Å². The summed E-state index contributed by atoms with van der Waals surface area (Å²) in [6.45, 7) is 0. The second kappa shape index (κ2) is 10.7. The molecule has 3 aromatic heterocycles. The van der Waals surface area contributed by atoms with E-state index in [4.69, 9.17) is 15.0 Å². The zero-order chi connectivity index (χ0) is 31.6. The van der Waals surface area contributed by atoms with E-state index < -0.39 is 0 Å². The maximum absolute atomic E-state index is 5.23. The molecule has 0 N–H and O–H groups in total. The van der Waals surface area contributed by atoms with Crippen molar-refractivity contribution < 1.29 is 0 Å². The summed E-state index contributed by atoms with van der Waals surface area (Å²) in [6, 6.07) is 55.5. The Kier molecular flexibility index (Phi) is 6.01. The number of aromatic nitrogens is 4. The van der Waals surface area contributed by atoms with Gasteiger partial charge in [0.05, 0.1) is 11.0 Å². The van der Waals surface area contributed by atoms with Gasteiger partial charge in [0, 0.05) is 53.2 Å². The van der Waals surface area contributed by atoms with Crippen LogP contribution in [-0.2, 0) is 0 Å². The zero-order valence-corrected chi connectivity index (χ0v) is 26.5. The first-order chi connectivity index (χ1) is 23.8. The Morgan fingerprint density at radius 3 is 1.79 bits per heavy atom. The summed E-state index contributed by atoms with van der Waals surface area (Å²) in [6.07, 6.45) is 0. The number of benzene rings is 7. The van der Waals surface area contributed by atoms with Crippen molar-refractivity contribution in [1.82, 2.24) is 19.5 Å². The van der Waals surface area contributed by atoms with Gasteiger partial charge < -0.3 is 0 Å². The van der Waals surface area contributed by atoms with Crippen LogP contribution in [0.3, 0.4) is 0 Å². The van der Waals surface area contributed by atoms with E-state index >= 15 is 0 Å². The highest BCUT2D eigenvalue weighted by atomic mass is 32.1. The summed E-state index contributed by atoms with van der Waals surface area (Å²) in [4.78, 5) is 15.5. The maximum atomic E-state index is 5.23. The molecule has 0 saturated carbocycles. The molecule has 0 aliphatic rings. The lowest BCUT2D eigenvalue weighted by atomic mass is 9.98. The van der Waals surface area contributed by atoms with E-state index in [-0.39, 0.29) is 0 Å². The van der Waals surface area contributed by atoms with Gasteiger partial charge in [0.1, 0.15) is 0 Å². The number of hydrogen-bond acceptors (Lipinski definition) is 4. The lowest BCUT2D eigenvalue weighted by Gasteiger charge is -2.13. The Bertz CT molecular complexity index is 2780. The largest absolute Gasteiger partial charge is 0.277 e. The van der Waals surface area contributed by atoms with Crippen molar-refractivity contribution in [3.63, 3.8) is 0 Å². The molecule has 3 heterocycles. The van der Waals surface area contributed by atoms with Crippen molar-refractivity contribution in [1.29, 1.82) is 0 Å². The smallest absolute Gasteiger partial charge is 0.238 e. The third kappa shape index (κ3) is 4.11. The Morgan fingerprint density at radius 1 is 0.438 bits per heavy atom. The van der Waals surface area contributed by atoms with Crippen LogP contribution in [0.1, 0.15) is 0 Å². The average Bonchev–Trinajstić information content (AvgIpc) is 3.72. The predicted octanol–water partition coefficient (Wildman–Crippen LogP) is 11.5. The molecule has 0 atom stereocenters. The Balaban J connectivity index is 1.37. The number of hydrogen-bond donors (Lipinski definition) is 0. The van der Waals surface area contributed by atoms with Gasteiger partial charge in [-0.2, -0.15) is 9.97 Å². The number of thiophene rings is 1. The lowest BCUT2D eigenvalue weighted by Crippen LogP contribution is -2.07. The zero-order valence-electron chi connectivity index (χ0n) is 25.7. The summed E-state index contributed by atoms with van der Waals surface area (Å²) in [5, 5.41) is 7.33. The van der Waals surface area contributed by atoms with E-state index in [0.717, 1.165) is 27.7 Å². The molecule has 10 aromatic rings. The molecule has 0 aliphatic heterocycles. The first kappa shape index (κ1) is 27.0. The van der Waals surface area contributed by atoms with E-state index in [2.05, 4.69) is 126 Å². The molecule has 0 fully saturated rings. The Morgan fingerprint density at radius 2 is 1.04 bits per heavy atom. The van der Waals surface area contributed by atoms with Gasteiger partial charge in [-0.25, -0.2) is 4.98 Å². The molecule has 10 rings (SSSR count). The summed E-state index contributed by atoms with van der Waals surface area (Å²) in [5.74, 6) is 1.87. The van der Waals surface area contributed by atoms with Crippen molar-refractivity contribution in [3.8, 4) is 39.9 Å². The topological polar surface area (TPSA) is 43.6 Å². The molecule has 48 heavy (non-hydrogen) atoms. The monoisotopic (exact) mass is 630 g/mol. The van der Waals surface area contributed by atoms with Gasteiger partial charge >= 0.3 is 0 Å². The molecule has 4 nitrogen and oxygen atoms in total. The molecular weight excluding hydrogens is 605 g/mol. The van der Waals surface area contributed by atoms with Crippen molar-refractivity contribution in [3.05, 3.63) is 158 Å². The fourth-order valence-corrected chi connectivity index (χ4v) is 8.35. The maximum Gasteiger partial charge on any atom is 0.238 e. The second-order valence-electron chi connectivity index (χ2n) is 12.0. The quantitative estimate of drug-likeness (QED) is 0.194. The molecular formula is C43H26N4S. The van der Waals surface area contributed by atoms with Gasteiger partial charge in [-0.3, -0.25) is 4.57 Å². The number of para-hydroxylation sites is 1. The molecule has 0 spiro atoms. The summed E-state index contributed by atoms with van der Waals surface area (Å²) < 4.78 is 4.83. The molecule has 0 saturated heterocycles. The molecule has 224 valence electrons. The molecule has 0 unspecified atom stereocenters. The van der Waals surface area contributed by atoms with E-state index in [9.17, 15) is 0 Å². The minimum absolute atomic E-state index is 0.592. The van der Waals surface area contributed by atoms with Crippen molar-refractivity contribution in [2.75, 3.05) is 0 Å². The van der Waals surface area contributed by atoms with Gasteiger partial charge in [0.15, 0.2) is 11.6 Å². The highest BCUT2D eigenvalue weighted by Gasteiger charge is 2.23. The highest BCUT2D eigenvalue weighted by Crippen LogP contribution is 2.45. The molecule has 0 amide bonds. The van der Waals surface area contributed by atoms with Crippen LogP contribution in [0.25, 0.3) is 92.6 Å². The first-order valence-corrected chi connectivity index (χ1v) is 16.9. The normalized spacial score (nSPS) is 11.8. The van der Waals surface area contributed by atoms with Crippen molar-refractivity contribution in [2.24, 2.45) is 0 Å². The summed E-state index contributed by atoms with van der Waals surface area (Å²) >= 11 is 1.85. The van der Waals surface area contributed by atoms with Gasteiger partial charge in [0.25, 0.3) is 0 Å². The number of rotatable bonds is 4. The SMILES string of the molecule is c1ccc(-c2nc(-c3ccccc3)nc(-n3c4ccc5ccccc5c4c4cccc(-c5cccc6c5sc5ccccc56)c43)n2)cc1. The minimum atomic E-state index is 0.592. The molecule has 0 bridgehead atoms. The van der Waals surface area contributed by atoms with E-state index in [1.807, 2.05) is 47.7 Å². The molecule has 5 heteroatoms. The van der Waals surface area contributed by atoms with Crippen LogP contribution in [-0.4, -0.2) is 19.5 Å².